The lowest BCUT2D eigenvalue weighted by atomic mass is 10.1. The van der Waals surface area contributed by atoms with Crippen LogP contribution in [0, 0.1) is 0 Å². The third kappa shape index (κ3) is 8.80. The fourth-order valence-electron chi connectivity index (χ4n) is 2.61. The summed E-state index contributed by atoms with van der Waals surface area (Å²) in [5.41, 5.74) is 0. The zero-order valence-corrected chi connectivity index (χ0v) is 18.4. The number of hydrogen-bond donors (Lipinski definition) is 0. The van der Waals surface area contributed by atoms with Crippen LogP contribution in [-0.4, -0.2) is 30.8 Å². The number of halogens is 1. The van der Waals surface area contributed by atoms with Crippen molar-refractivity contribution in [2.45, 2.75) is 77.7 Å². The molecule has 0 atom stereocenters. The first-order chi connectivity index (χ1) is 11.0. The maximum absolute atomic E-state index is 12.0. The highest BCUT2D eigenvalue weighted by Crippen LogP contribution is 2.10. The third-order valence-electron chi connectivity index (χ3n) is 4.16. The highest BCUT2D eigenvalue weighted by Gasteiger charge is 2.22. The molecule has 1 aromatic rings. The molecule has 24 heavy (non-hydrogen) atoms. The molecular formula is C17H34IN3O2S. The van der Waals surface area contributed by atoms with Gasteiger partial charge in [0, 0.05) is 14.1 Å². The van der Waals surface area contributed by atoms with Crippen LogP contribution in [-0.2, 0) is 16.8 Å². The Kier molecular flexibility index (Phi) is 13.0. The summed E-state index contributed by atoms with van der Waals surface area (Å²) < 4.78 is 28.4. The van der Waals surface area contributed by atoms with Crippen molar-refractivity contribution >= 4 is 10.2 Å². The number of rotatable bonds is 13. The van der Waals surface area contributed by atoms with Crippen molar-refractivity contribution in [2.75, 3.05) is 14.1 Å². The summed E-state index contributed by atoms with van der Waals surface area (Å²) in [6, 6.07) is 0. The van der Waals surface area contributed by atoms with E-state index in [0.717, 1.165) is 13.0 Å². The fourth-order valence-corrected chi connectivity index (χ4v) is 3.44. The van der Waals surface area contributed by atoms with E-state index < -0.39 is 10.2 Å². The summed E-state index contributed by atoms with van der Waals surface area (Å²) in [5, 5.41) is 0. The lowest BCUT2D eigenvalue weighted by molar-refractivity contribution is -0.696. The summed E-state index contributed by atoms with van der Waals surface area (Å²) in [5.74, 6) is 0. The van der Waals surface area contributed by atoms with E-state index in [-0.39, 0.29) is 24.0 Å². The monoisotopic (exact) mass is 471 g/mol. The van der Waals surface area contributed by atoms with Crippen LogP contribution in [0.2, 0.25) is 0 Å². The summed E-state index contributed by atoms with van der Waals surface area (Å²) in [6.45, 7) is 3.13. The van der Waals surface area contributed by atoms with Gasteiger partial charge in [0.1, 0.15) is 12.4 Å². The Morgan fingerprint density at radius 2 is 1.42 bits per heavy atom. The largest absolute Gasteiger partial charge is 1.00 e. The second-order valence-electron chi connectivity index (χ2n) is 6.45. The van der Waals surface area contributed by atoms with Gasteiger partial charge < -0.3 is 24.0 Å². The van der Waals surface area contributed by atoms with Gasteiger partial charge in [-0.25, -0.2) is 4.57 Å². The Morgan fingerprint density at radius 1 is 0.917 bits per heavy atom. The van der Waals surface area contributed by atoms with Gasteiger partial charge >= 0.3 is 10.2 Å². The highest BCUT2D eigenvalue weighted by atomic mass is 127. The minimum absolute atomic E-state index is 0. The van der Waals surface area contributed by atoms with E-state index in [1.807, 2.05) is 10.8 Å². The summed E-state index contributed by atoms with van der Waals surface area (Å²) in [6.07, 6.45) is 18.2. The Hall–Kier alpha value is -0.150. The number of aromatic nitrogens is 2. The molecule has 1 aromatic heterocycles. The van der Waals surface area contributed by atoms with Gasteiger partial charge in [0.05, 0.1) is 6.54 Å². The molecule has 0 aliphatic carbocycles. The average Bonchev–Trinajstić information content (AvgIpc) is 2.98. The van der Waals surface area contributed by atoms with Crippen LogP contribution in [0.4, 0.5) is 0 Å². The lowest BCUT2D eigenvalue weighted by Gasteiger charge is -2.05. The summed E-state index contributed by atoms with van der Waals surface area (Å²) in [4.78, 5) is 0. The molecule has 0 bridgehead atoms. The standard InChI is InChI=1S/C17H34N3O2S.HI/c1-4-5-6-7-8-9-10-11-12-13-14-19-15-16-20(17-19)23(21,22)18(2)3;/h15-17H,4-14H2,1-3H3;1H/q+1;/p-1. The SMILES string of the molecule is CCCCCCCCCCCC[n+]1ccn(S(=O)(=O)N(C)C)c1.[I-]. The van der Waals surface area contributed by atoms with E-state index in [4.69, 9.17) is 0 Å². The van der Waals surface area contributed by atoms with E-state index in [2.05, 4.69) is 6.92 Å². The normalized spacial score (nSPS) is 11.7. The van der Waals surface area contributed by atoms with Gasteiger partial charge in [-0.15, -0.1) is 3.97 Å². The number of hydrogen-bond acceptors (Lipinski definition) is 2. The molecule has 5 nitrogen and oxygen atoms in total. The minimum atomic E-state index is -3.38. The van der Waals surface area contributed by atoms with Crippen molar-refractivity contribution in [3.63, 3.8) is 0 Å². The predicted octanol–water partition coefficient (Wildman–Crippen LogP) is 0.355. The number of nitrogens with zero attached hydrogens (tertiary/aromatic N) is 3. The van der Waals surface area contributed by atoms with Crippen LogP contribution in [0.1, 0.15) is 71.1 Å². The smallest absolute Gasteiger partial charge is 0.379 e. The molecule has 0 radical (unpaired) electrons. The van der Waals surface area contributed by atoms with Crippen LogP contribution in [0.5, 0.6) is 0 Å². The van der Waals surface area contributed by atoms with E-state index in [9.17, 15) is 8.42 Å². The lowest BCUT2D eigenvalue weighted by Crippen LogP contribution is -3.00. The molecule has 0 amide bonds. The van der Waals surface area contributed by atoms with Crippen LogP contribution >= 0.6 is 0 Å². The minimum Gasteiger partial charge on any atom is -1.00 e. The fraction of sp³-hybridized carbons (Fsp3) is 0.824. The Morgan fingerprint density at radius 3 is 1.92 bits per heavy atom. The zero-order chi connectivity index (χ0) is 17.1. The topological polar surface area (TPSA) is 46.2 Å². The van der Waals surface area contributed by atoms with Crippen LogP contribution < -0.4 is 28.5 Å². The molecule has 0 unspecified atom stereocenters. The molecule has 1 rings (SSSR count). The Bertz CT molecular complexity index is 530. The molecule has 0 spiro atoms. The number of unbranched alkanes of at least 4 members (excludes halogenated alkanes) is 9. The summed E-state index contributed by atoms with van der Waals surface area (Å²) >= 11 is 0. The molecule has 7 heteroatoms. The maximum atomic E-state index is 12.0. The highest BCUT2D eigenvalue weighted by molar-refractivity contribution is 7.87. The van der Waals surface area contributed by atoms with Crippen LogP contribution in [0.15, 0.2) is 18.7 Å². The van der Waals surface area contributed by atoms with Crippen molar-refractivity contribution in [3.05, 3.63) is 18.7 Å². The summed E-state index contributed by atoms with van der Waals surface area (Å²) in [7, 11) is -0.292. The molecule has 0 saturated heterocycles. The zero-order valence-electron chi connectivity index (χ0n) is 15.5. The molecule has 142 valence electrons. The number of imidazole rings is 1. The molecule has 0 saturated carbocycles. The maximum Gasteiger partial charge on any atom is 0.379 e. The first-order valence-electron chi connectivity index (χ1n) is 8.98. The predicted molar refractivity (Wildman–Crippen MR) is 94.5 cm³/mol. The van der Waals surface area contributed by atoms with Gasteiger partial charge in [0.2, 0.25) is 0 Å². The van der Waals surface area contributed by atoms with Crippen LogP contribution in [0.25, 0.3) is 0 Å². The average molecular weight is 471 g/mol. The van der Waals surface area contributed by atoms with E-state index in [1.54, 1.807) is 26.6 Å². The van der Waals surface area contributed by atoms with Crippen molar-refractivity contribution in [2.24, 2.45) is 0 Å². The van der Waals surface area contributed by atoms with E-state index in [1.165, 1.54) is 66.1 Å². The quantitative estimate of drug-likeness (QED) is 0.237. The van der Waals surface area contributed by atoms with Crippen LogP contribution in [0.3, 0.4) is 0 Å². The van der Waals surface area contributed by atoms with Gasteiger partial charge in [-0.1, -0.05) is 58.3 Å². The second-order valence-corrected chi connectivity index (χ2v) is 8.50. The van der Waals surface area contributed by atoms with E-state index >= 15 is 0 Å². The molecule has 1 heterocycles. The second kappa shape index (κ2) is 13.1. The molecule has 0 N–H and O–H groups in total. The van der Waals surface area contributed by atoms with Crippen molar-refractivity contribution in [3.8, 4) is 0 Å². The van der Waals surface area contributed by atoms with Gasteiger partial charge in [-0.2, -0.15) is 12.7 Å². The van der Waals surface area contributed by atoms with Gasteiger partial charge in [-0.05, 0) is 12.8 Å². The Labute approximate surface area is 165 Å². The van der Waals surface area contributed by atoms with Gasteiger partial charge in [0.25, 0.3) is 6.33 Å². The molecule has 0 fully saturated rings. The van der Waals surface area contributed by atoms with E-state index in [0.29, 0.717) is 0 Å². The first kappa shape index (κ1) is 23.9. The first-order valence-corrected chi connectivity index (χ1v) is 10.4. The Balaban J connectivity index is 0.00000529. The molecule has 0 aliphatic heterocycles. The van der Waals surface area contributed by atoms with Crippen molar-refractivity contribution < 1.29 is 37.0 Å². The third-order valence-corrected chi connectivity index (χ3v) is 5.84. The number of aryl methyl sites for hydroxylation is 1. The van der Waals surface area contributed by atoms with Crippen molar-refractivity contribution in [1.29, 1.82) is 0 Å². The molecule has 0 aromatic carbocycles. The molecular weight excluding hydrogens is 437 g/mol. The molecule has 0 aliphatic rings. The van der Waals surface area contributed by atoms with Gasteiger partial charge in [-0.3, -0.25) is 0 Å². The van der Waals surface area contributed by atoms with Gasteiger partial charge in [0.15, 0.2) is 0 Å². The van der Waals surface area contributed by atoms with Crippen molar-refractivity contribution in [1.82, 2.24) is 8.28 Å².